The van der Waals surface area contributed by atoms with E-state index >= 15 is 0 Å². The molecule has 2 amide bonds. The minimum absolute atomic E-state index is 0.101. The van der Waals surface area contributed by atoms with E-state index < -0.39 is 0 Å². The lowest BCUT2D eigenvalue weighted by Crippen LogP contribution is -2.66. The topological polar surface area (TPSA) is 59.1 Å². The number of ether oxygens (including phenoxy) is 2. The van der Waals surface area contributed by atoms with E-state index in [1.54, 1.807) is 0 Å². The monoisotopic (exact) mass is 324 g/mol. The maximum Gasteiger partial charge on any atom is 0.248 e. The molecule has 3 aliphatic rings. The van der Waals surface area contributed by atoms with Gasteiger partial charge >= 0.3 is 0 Å². The Morgan fingerprint density at radius 1 is 1.17 bits per heavy atom. The van der Waals surface area contributed by atoms with Gasteiger partial charge < -0.3 is 19.3 Å². The summed E-state index contributed by atoms with van der Waals surface area (Å²) in [4.78, 5) is 27.7. The molecular weight excluding hydrogens is 296 g/mol. The Morgan fingerprint density at radius 3 is 2.61 bits per heavy atom. The lowest BCUT2D eigenvalue weighted by Gasteiger charge is -2.50. The fourth-order valence-electron chi connectivity index (χ4n) is 3.86. The Labute approximate surface area is 138 Å². The first-order valence-corrected chi connectivity index (χ1v) is 8.92. The van der Waals surface area contributed by atoms with Gasteiger partial charge in [-0.3, -0.25) is 9.59 Å². The molecule has 0 unspecified atom stereocenters. The molecule has 0 radical (unpaired) electrons. The molecule has 6 heteroatoms. The predicted molar refractivity (Wildman–Crippen MR) is 84.9 cm³/mol. The molecule has 0 aliphatic carbocycles. The second-order valence-corrected chi connectivity index (χ2v) is 7.00. The van der Waals surface area contributed by atoms with Crippen molar-refractivity contribution in [1.82, 2.24) is 9.80 Å². The Balaban J connectivity index is 1.41. The van der Waals surface area contributed by atoms with E-state index in [-0.39, 0.29) is 24.0 Å². The summed E-state index contributed by atoms with van der Waals surface area (Å²) in [6.45, 7) is 6.57. The maximum absolute atomic E-state index is 12.0. The second kappa shape index (κ2) is 7.18. The van der Waals surface area contributed by atoms with Crippen LogP contribution in [-0.4, -0.2) is 73.2 Å². The molecule has 1 atom stereocenters. The molecule has 0 aromatic heterocycles. The zero-order chi connectivity index (χ0) is 16.3. The first-order chi connectivity index (χ1) is 11.1. The van der Waals surface area contributed by atoms with Crippen LogP contribution in [-0.2, 0) is 19.1 Å². The number of carbonyl (C=O) groups is 2. The molecule has 3 saturated heterocycles. The molecule has 130 valence electrons. The van der Waals surface area contributed by atoms with Crippen molar-refractivity contribution in [2.24, 2.45) is 5.92 Å². The van der Waals surface area contributed by atoms with E-state index in [0.717, 1.165) is 45.4 Å². The van der Waals surface area contributed by atoms with Crippen molar-refractivity contribution in [1.29, 1.82) is 0 Å². The third-order valence-corrected chi connectivity index (χ3v) is 5.34. The van der Waals surface area contributed by atoms with E-state index in [1.807, 2.05) is 16.7 Å². The zero-order valence-corrected chi connectivity index (χ0v) is 14.1. The summed E-state index contributed by atoms with van der Waals surface area (Å²) in [6, 6.07) is 0. The van der Waals surface area contributed by atoms with Gasteiger partial charge in [0.25, 0.3) is 0 Å². The van der Waals surface area contributed by atoms with Crippen molar-refractivity contribution in [2.45, 2.75) is 44.6 Å². The van der Waals surface area contributed by atoms with Crippen molar-refractivity contribution < 1.29 is 19.1 Å². The summed E-state index contributed by atoms with van der Waals surface area (Å²) in [5.74, 6) is 0.612. The molecule has 6 nitrogen and oxygen atoms in total. The van der Waals surface area contributed by atoms with Gasteiger partial charge in [-0.05, 0) is 25.7 Å². The third kappa shape index (κ3) is 3.53. The van der Waals surface area contributed by atoms with Crippen LogP contribution < -0.4 is 0 Å². The Morgan fingerprint density at radius 2 is 1.91 bits per heavy atom. The fraction of sp³-hybridized carbons (Fsp3) is 0.882. The molecule has 3 rings (SSSR count). The Bertz CT molecular complexity index is 442. The highest BCUT2D eigenvalue weighted by atomic mass is 16.5. The van der Waals surface area contributed by atoms with Crippen LogP contribution in [0.15, 0.2) is 0 Å². The quantitative estimate of drug-likeness (QED) is 0.732. The lowest BCUT2D eigenvalue weighted by atomic mass is 9.81. The molecule has 0 N–H and O–H groups in total. The Kier molecular flexibility index (Phi) is 5.21. The smallest absolute Gasteiger partial charge is 0.248 e. The number of carbonyl (C=O) groups excluding carboxylic acids is 2. The number of hydrogen-bond donors (Lipinski definition) is 0. The summed E-state index contributed by atoms with van der Waals surface area (Å²) < 4.78 is 11.6. The minimum Gasteiger partial charge on any atom is -0.371 e. The van der Waals surface area contributed by atoms with Gasteiger partial charge in [0, 0.05) is 32.0 Å². The number of rotatable bonds is 6. The average Bonchev–Trinajstić information content (AvgIpc) is 3.15. The van der Waals surface area contributed by atoms with E-state index in [2.05, 4.69) is 0 Å². The molecular formula is C17H28N2O4. The largest absolute Gasteiger partial charge is 0.371 e. The van der Waals surface area contributed by atoms with Gasteiger partial charge in [0.2, 0.25) is 11.8 Å². The molecule has 3 fully saturated rings. The molecule has 3 aliphatic heterocycles. The highest BCUT2D eigenvalue weighted by Gasteiger charge is 2.54. The van der Waals surface area contributed by atoms with Crippen molar-refractivity contribution in [3.05, 3.63) is 0 Å². The lowest BCUT2D eigenvalue weighted by molar-refractivity contribution is -0.169. The van der Waals surface area contributed by atoms with E-state index in [4.69, 9.17) is 9.47 Å². The van der Waals surface area contributed by atoms with Crippen molar-refractivity contribution in [3.63, 3.8) is 0 Å². The molecule has 23 heavy (non-hydrogen) atoms. The molecule has 1 spiro atoms. The number of nitrogens with zero attached hydrogens (tertiary/aromatic N) is 2. The minimum atomic E-state index is -0.222. The van der Waals surface area contributed by atoms with Gasteiger partial charge in [0.05, 0.1) is 19.7 Å². The van der Waals surface area contributed by atoms with Gasteiger partial charge in [-0.1, -0.05) is 6.92 Å². The number of hydrogen-bond acceptors (Lipinski definition) is 4. The van der Waals surface area contributed by atoms with Gasteiger partial charge in [-0.15, -0.1) is 0 Å². The van der Waals surface area contributed by atoms with E-state index in [1.165, 1.54) is 0 Å². The van der Waals surface area contributed by atoms with Crippen LogP contribution in [0.3, 0.4) is 0 Å². The number of likely N-dealkylation sites (tertiary alicyclic amines) is 2. The van der Waals surface area contributed by atoms with Crippen LogP contribution in [0.25, 0.3) is 0 Å². The van der Waals surface area contributed by atoms with Gasteiger partial charge in [0.15, 0.2) is 0 Å². The summed E-state index contributed by atoms with van der Waals surface area (Å²) in [5, 5.41) is 0. The van der Waals surface area contributed by atoms with Crippen LogP contribution in [0.2, 0.25) is 0 Å². The highest BCUT2D eigenvalue weighted by Crippen LogP contribution is 2.40. The van der Waals surface area contributed by atoms with Gasteiger partial charge in [-0.25, -0.2) is 0 Å². The summed E-state index contributed by atoms with van der Waals surface area (Å²) >= 11 is 0. The normalized spacial score (nSPS) is 25.9. The van der Waals surface area contributed by atoms with Gasteiger partial charge in [-0.2, -0.15) is 0 Å². The second-order valence-electron chi connectivity index (χ2n) is 7.00. The highest BCUT2D eigenvalue weighted by molar-refractivity contribution is 5.78. The van der Waals surface area contributed by atoms with Crippen LogP contribution in [0.4, 0.5) is 0 Å². The maximum atomic E-state index is 12.0. The third-order valence-electron chi connectivity index (χ3n) is 5.34. The van der Waals surface area contributed by atoms with Crippen molar-refractivity contribution >= 4 is 11.8 Å². The summed E-state index contributed by atoms with van der Waals surface area (Å²) in [5.41, 5.74) is -0.222. The zero-order valence-electron chi connectivity index (χ0n) is 14.1. The summed E-state index contributed by atoms with van der Waals surface area (Å²) in [6.07, 6.45) is 4.66. The number of amides is 2. The summed E-state index contributed by atoms with van der Waals surface area (Å²) in [7, 11) is 0. The van der Waals surface area contributed by atoms with Crippen LogP contribution in [0.5, 0.6) is 0 Å². The Hall–Kier alpha value is -1.14. The molecule has 0 aromatic rings. The van der Waals surface area contributed by atoms with Crippen LogP contribution in [0.1, 0.15) is 39.0 Å². The van der Waals surface area contributed by atoms with Crippen molar-refractivity contribution in [2.75, 3.05) is 46.0 Å². The van der Waals surface area contributed by atoms with Crippen molar-refractivity contribution in [3.8, 4) is 0 Å². The fourth-order valence-corrected chi connectivity index (χ4v) is 3.86. The molecule has 0 aromatic carbocycles. The van der Waals surface area contributed by atoms with E-state index in [9.17, 15) is 9.59 Å². The predicted octanol–water partition coefficient (Wildman–Crippen LogP) is 1.04. The molecule has 0 saturated carbocycles. The average molecular weight is 324 g/mol. The van der Waals surface area contributed by atoms with E-state index in [0.29, 0.717) is 32.0 Å². The molecule has 0 bridgehead atoms. The SMILES string of the molecule is CCCC(=O)N1CC2(C1)OCC[C@H]2COCC(=O)N1CCCC1. The van der Waals surface area contributed by atoms with Crippen LogP contribution in [0, 0.1) is 5.92 Å². The first-order valence-electron chi connectivity index (χ1n) is 8.92. The first kappa shape index (κ1) is 16.7. The standard InChI is InChI=1S/C17H28N2O4/c1-2-5-15(20)19-12-17(13-19)14(6-9-23-17)10-22-11-16(21)18-7-3-4-8-18/h14H,2-13H2,1H3/t14-/m0/s1. The van der Waals surface area contributed by atoms with Gasteiger partial charge in [0.1, 0.15) is 12.2 Å². The van der Waals surface area contributed by atoms with Crippen LogP contribution >= 0.6 is 0 Å². The molecule has 3 heterocycles.